The van der Waals surface area contributed by atoms with Gasteiger partial charge >= 0.3 is 0 Å². The number of rotatable bonds is 7. The van der Waals surface area contributed by atoms with Crippen molar-refractivity contribution in [3.63, 3.8) is 0 Å². The fourth-order valence-corrected chi connectivity index (χ4v) is 2.92. The number of nitrogens with one attached hydrogen (secondary N) is 1. The smallest absolute Gasteiger partial charge is 0.00722 e. The van der Waals surface area contributed by atoms with Crippen LogP contribution in [0, 0.1) is 11.8 Å². The molecule has 1 N–H and O–H groups in total. The van der Waals surface area contributed by atoms with E-state index in [1.165, 1.54) is 44.9 Å². The summed E-state index contributed by atoms with van der Waals surface area (Å²) in [5, 5.41) is 3.82. The van der Waals surface area contributed by atoms with Crippen LogP contribution in [0.2, 0.25) is 0 Å². The summed E-state index contributed by atoms with van der Waals surface area (Å²) in [7, 11) is 0. The van der Waals surface area contributed by atoms with Crippen LogP contribution >= 0.6 is 0 Å². The topological polar surface area (TPSA) is 12.0 Å². The van der Waals surface area contributed by atoms with Crippen molar-refractivity contribution in [3.05, 3.63) is 0 Å². The van der Waals surface area contributed by atoms with E-state index in [0.29, 0.717) is 0 Å². The van der Waals surface area contributed by atoms with Crippen LogP contribution in [-0.2, 0) is 0 Å². The summed E-state index contributed by atoms with van der Waals surface area (Å²) in [5.41, 5.74) is 0. The lowest BCUT2D eigenvalue weighted by molar-refractivity contribution is 0.397. The highest BCUT2D eigenvalue weighted by Gasteiger charge is 2.23. The fourth-order valence-electron chi connectivity index (χ4n) is 2.92. The van der Waals surface area contributed by atoms with Gasteiger partial charge in [-0.1, -0.05) is 40.0 Å². The quantitative estimate of drug-likeness (QED) is 0.678. The van der Waals surface area contributed by atoms with Crippen LogP contribution in [0.15, 0.2) is 0 Å². The highest BCUT2D eigenvalue weighted by Crippen LogP contribution is 2.28. The molecule has 1 aliphatic carbocycles. The van der Waals surface area contributed by atoms with Gasteiger partial charge in [0.25, 0.3) is 0 Å². The molecular weight excluding hydrogens is 194 g/mol. The third kappa shape index (κ3) is 5.34. The van der Waals surface area contributed by atoms with Crippen LogP contribution in [-0.4, -0.2) is 12.1 Å². The SMILES string of the molecule is CCC1CCC(NC(C)CCCC(C)C)C1. The maximum Gasteiger partial charge on any atom is 0.00722 e. The van der Waals surface area contributed by atoms with Crippen molar-refractivity contribution in [2.75, 3.05) is 0 Å². The van der Waals surface area contributed by atoms with E-state index in [1.54, 1.807) is 0 Å². The van der Waals surface area contributed by atoms with E-state index >= 15 is 0 Å². The summed E-state index contributed by atoms with van der Waals surface area (Å²) in [4.78, 5) is 0. The minimum absolute atomic E-state index is 0.722. The van der Waals surface area contributed by atoms with Gasteiger partial charge in [0.05, 0.1) is 0 Å². The average molecular weight is 225 g/mol. The van der Waals surface area contributed by atoms with Crippen LogP contribution in [0.4, 0.5) is 0 Å². The van der Waals surface area contributed by atoms with Gasteiger partial charge in [-0.15, -0.1) is 0 Å². The Morgan fingerprint density at radius 3 is 2.44 bits per heavy atom. The van der Waals surface area contributed by atoms with E-state index in [2.05, 4.69) is 33.0 Å². The van der Waals surface area contributed by atoms with Gasteiger partial charge in [-0.25, -0.2) is 0 Å². The third-order valence-corrected chi connectivity index (χ3v) is 4.06. The van der Waals surface area contributed by atoms with Crippen molar-refractivity contribution in [1.29, 1.82) is 0 Å². The Morgan fingerprint density at radius 2 is 1.88 bits per heavy atom. The van der Waals surface area contributed by atoms with E-state index in [0.717, 1.165) is 23.9 Å². The second-order valence-corrected chi connectivity index (χ2v) is 6.18. The predicted octanol–water partition coefficient (Wildman–Crippen LogP) is 4.37. The highest BCUT2D eigenvalue weighted by atomic mass is 14.9. The molecule has 0 bridgehead atoms. The first kappa shape index (κ1) is 14.0. The molecule has 1 aliphatic rings. The molecule has 3 atom stereocenters. The van der Waals surface area contributed by atoms with Crippen LogP contribution in [0.3, 0.4) is 0 Å². The van der Waals surface area contributed by atoms with E-state index in [1.807, 2.05) is 0 Å². The standard InChI is InChI=1S/C15H31N/c1-5-14-9-10-15(11-14)16-13(4)8-6-7-12(2)3/h12-16H,5-11H2,1-4H3. The summed E-state index contributed by atoms with van der Waals surface area (Å²) in [6.45, 7) is 9.33. The van der Waals surface area contributed by atoms with E-state index in [-0.39, 0.29) is 0 Å². The average Bonchev–Trinajstić information content (AvgIpc) is 2.65. The molecule has 0 radical (unpaired) electrons. The molecule has 1 fully saturated rings. The summed E-state index contributed by atoms with van der Waals surface area (Å²) < 4.78 is 0. The zero-order valence-corrected chi connectivity index (χ0v) is 11.8. The molecule has 3 unspecified atom stereocenters. The first-order chi connectivity index (χ1) is 7.61. The van der Waals surface area contributed by atoms with E-state index in [4.69, 9.17) is 0 Å². The zero-order valence-electron chi connectivity index (χ0n) is 11.8. The van der Waals surface area contributed by atoms with E-state index in [9.17, 15) is 0 Å². The Kier molecular flexibility index (Phi) is 6.41. The first-order valence-electron chi connectivity index (χ1n) is 7.37. The molecule has 1 saturated carbocycles. The van der Waals surface area contributed by atoms with Gasteiger partial charge < -0.3 is 5.32 Å². The lowest BCUT2D eigenvalue weighted by Gasteiger charge is -2.20. The van der Waals surface area contributed by atoms with Crippen molar-refractivity contribution in [1.82, 2.24) is 5.32 Å². The fraction of sp³-hybridized carbons (Fsp3) is 1.00. The Bertz CT molecular complexity index is 176. The Labute approximate surface area is 102 Å². The molecule has 1 heteroatoms. The maximum absolute atomic E-state index is 3.82. The molecule has 0 aromatic heterocycles. The molecule has 0 aromatic carbocycles. The minimum Gasteiger partial charge on any atom is -0.311 e. The summed E-state index contributed by atoms with van der Waals surface area (Å²) in [6, 6.07) is 1.54. The van der Waals surface area contributed by atoms with Gasteiger partial charge in [0, 0.05) is 12.1 Å². The van der Waals surface area contributed by atoms with Gasteiger partial charge in [-0.3, -0.25) is 0 Å². The Morgan fingerprint density at radius 1 is 1.12 bits per heavy atom. The molecule has 16 heavy (non-hydrogen) atoms. The van der Waals surface area contributed by atoms with Crippen molar-refractivity contribution in [3.8, 4) is 0 Å². The Hall–Kier alpha value is -0.0400. The highest BCUT2D eigenvalue weighted by molar-refractivity contribution is 4.81. The van der Waals surface area contributed by atoms with Crippen molar-refractivity contribution >= 4 is 0 Å². The van der Waals surface area contributed by atoms with Crippen LogP contribution < -0.4 is 5.32 Å². The molecule has 0 heterocycles. The van der Waals surface area contributed by atoms with Crippen molar-refractivity contribution in [2.45, 2.75) is 84.7 Å². The molecule has 96 valence electrons. The second-order valence-electron chi connectivity index (χ2n) is 6.18. The molecule has 0 saturated heterocycles. The van der Waals surface area contributed by atoms with Crippen molar-refractivity contribution < 1.29 is 0 Å². The van der Waals surface area contributed by atoms with Crippen LogP contribution in [0.1, 0.15) is 72.6 Å². The molecule has 0 amide bonds. The summed E-state index contributed by atoms with van der Waals surface area (Å²) in [5.74, 6) is 1.86. The molecule has 1 rings (SSSR count). The van der Waals surface area contributed by atoms with Crippen LogP contribution in [0.25, 0.3) is 0 Å². The lowest BCUT2D eigenvalue weighted by atomic mass is 10.0. The second kappa shape index (κ2) is 7.32. The molecule has 1 nitrogen and oxygen atoms in total. The number of hydrogen-bond acceptors (Lipinski definition) is 1. The normalized spacial score (nSPS) is 27.6. The monoisotopic (exact) mass is 225 g/mol. The summed E-state index contributed by atoms with van der Waals surface area (Å²) >= 11 is 0. The first-order valence-corrected chi connectivity index (χ1v) is 7.37. The van der Waals surface area contributed by atoms with E-state index < -0.39 is 0 Å². The minimum atomic E-state index is 0.722. The van der Waals surface area contributed by atoms with Gasteiger partial charge in [0.15, 0.2) is 0 Å². The maximum atomic E-state index is 3.82. The molecular formula is C15H31N. The largest absolute Gasteiger partial charge is 0.311 e. The summed E-state index contributed by atoms with van der Waals surface area (Å²) in [6.07, 6.45) is 9.78. The molecule has 0 spiro atoms. The van der Waals surface area contributed by atoms with Gasteiger partial charge in [0.2, 0.25) is 0 Å². The third-order valence-electron chi connectivity index (χ3n) is 4.06. The Balaban J connectivity index is 2.08. The van der Waals surface area contributed by atoms with Crippen LogP contribution in [0.5, 0.6) is 0 Å². The number of hydrogen-bond donors (Lipinski definition) is 1. The molecule has 0 aromatic rings. The van der Waals surface area contributed by atoms with Crippen molar-refractivity contribution in [2.24, 2.45) is 11.8 Å². The van der Waals surface area contributed by atoms with Gasteiger partial charge in [-0.2, -0.15) is 0 Å². The molecule has 0 aliphatic heterocycles. The zero-order chi connectivity index (χ0) is 12.0. The lowest BCUT2D eigenvalue weighted by Crippen LogP contribution is -2.34. The van der Waals surface area contributed by atoms with Gasteiger partial charge in [-0.05, 0) is 44.4 Å². The van der Waals surface area contributed by atoms with Gasteiger partial charge in [0.1, 0.15) is 0 Å². The predicted molar refractivity (Wildman–Crippen MR) is 72.7 cm³/mol.